The van der Waals surface area contributed by atoms with Gasteiger partial charge in [0.05, 0.1) is 12.1 Å². The second kappa shape index (κ2) is 7.84. The lowest BCUT2D eigenvalue weighted by molar-refractivity contribution is 0.0425. The van der Waals surface area contributed by atoms with Gasteiger partial charge in [-0.25, -0.2) is 4.79 Å². The van der Waals surface area contributed by atoms with Crippen LogP contribution in [0.5, 0.6) is 0 Å². The molecule has 0 bridgehead atoms. The summed E-state index contributed by atoms with van der Waals surface area (Å²) in [4.78, 5) is 11.9. The van der Waals surface area contributed by atoms with Crippen LogP contribution in [-0.4, -0.2) is 28.9 Å². The molecule has 2 N–H and O–H groups in total. The van der Waals surface area contributed by atoms with Gasteiger partial charge in [0.1, 0.15) is 5.60 Å². The van der Waals surface area contributed by atoms with Crippen LogP contribution in [0.4, 0.5) is 4.79 Å². The lowest BCUT2D eigenvalue weighted by Gasteiger charge is -2.26. The Hall–Kier alpha value is -1.81. The van der Waals surface area contributed by atoms with Crippen LogP contribution >= 0.6 is 0 Å². The maximum absolute atomic E-state index is 11.9. The summed E-state index contributed by atoms with van der Waals surface area (Å²) in [5.41, 5.74) is 0.479. The highest BCUT2D eigenvalue weighted by molar-refractivity contribution is 5.68. The van der Waals surface area contributed by atoms with E-state index in [0.29, 0.717) is 12.8 Å². The van der Waals surface area contributed by atoms with E-state index in [2.05, 4.69) is 11.9 Å². The zero-order valence-electron chi connectivity index (χ0n) is 13.0. The molecule has 1 aromatic rings. The van der Waals surface area contributed by atoms with Gasteiger partial charge in [0.2, 0.25) is 0 Å². The summed E-state index contributed by atoms with van der Waals surface area (Å²) in [5, 5.41) is 12.9. The van der Waals surface area contributed by atoms with Gasteiger partial charge in [0.25, 0.3) is 0 Å². The number of benzene rings is 1. The monoisotopic (exact) mass is 291 g/mol. The van der Waals surface area contributed by atoms with Gasteiger partial charge >= 0.3 is 6.09 Å². The topological polar surface area (TPSA) is 58.6 Å². The van der Waals surface area contributed by atoms with Crippen molar-refractivity contribution in [3.8, 4) is 0 Å². The first kappa shape index (κ1) is 17.2. The molecule has 2 atom stereocenters. The zero-order chi connectivity index (χ0) is 15.9. The van der Waals surface area contributed by atoms with Gasteiger partial charge in [-0.05, 0) is 39.2 Å². The average molecular weight is 291 g/mol. The minimum absolute atomic E-state index is 0.410. The number of aliphatic hydroxyl groups is 1. The molecule has 0 heterocycles. The van der Waals surface area contributed by atoms with Crippen molar-refractivity contribution in [2.24, 2.45) is 0 Å². The lowest BCUT2D eigenvalue weighted by Crippen LogP contribution is -2.46. The van der Waals surface area contributed by atoms with E-state index >= 15 is 0 Å². The van der Waals surface area contributed by atoms with E-state index in [-0.39, 0.29) is 0 Å². The van der Waals surface area contributed by atoms with E-state index in [0.717, 1.165) is 5.56 Å². The predicted molar refractivity (Wildman–Crippen MR) is 84.1 cm³/mol. The summed E-state index contributed by atoms with van der Waals surface area (Å²) in [6.07, 6.45) is 1.36. The highest BCUT2D eigenvalue weighted by atomic mass is 16.6. The van der Waals surface area contributed by atoms with Crippen molar-refractivity contribution in [3.05, 3.63) is 48.6 Å². The molecule has 21 heavy (non-hydrogen) atoms. The van der Waals surface area contributed by atoms with Gasteiger partial charge in [0.15, 0.2) is 0 Å². The Bertz CT molecular complexity index is 451. The van der Waals surface area contributed by atoms with Gasteiger partial charge in [-0.15, -0.1) is 6.58 Å². The van der Waals surface area contributed by atoms with Crippen LogP contribution in [0.25, 0.3) is 0 Å². The fraction of sp³-hybridized carbons (Fsp3) is 0.471. The quantitative estimate of drug-likeness (QED) is 0.792. The molecule has 0 aliphatic carbocycles. The van der Waals surface area contributed by atoms with Gasteiger partial charge < -0.3 is 15.2 Å². The summed E-state index contributed by atoms with van der Waals surface area (Å²) >= 11 is 0. The number of carbonyl (C=O) groups excluding carboxylic acids is 1. The third kappa shape index (κ3) is 6.95. The number of rotatable bonds is 6. The number of hydrogen-bond acceptors (Lipinski definition) is 3. The molecule has 0 fully saturated rings. The number of nitrogens with one attached hydrogen (secondary N) is 1. The van der Waals surface area contributed by atoms with Crippen LogP contribution in [0.1, 0.15) is 32.8 Å². The first-order chi connectivity index (χ1) is 9.81. The second-order valence-electron chi connectivity index (χ2n) is 6.03. The number of carbonyl (C=O) groups is 1. The molecule has 0 aliphatic rings. The first-order valence-corrected chi connectivity index (χ1v) is 7.14. The largest absolute Gasteiger partial charge is 0.444 e. The Morgan fingerprint density at radius 2 is 2.00 bits per heavy atom. The van der Waals surface area contributed by atoms with Gasteiger partial charge in [-0.2, -0.15) is 0 Å². The van der Waals surface area contributed by atoms with Crippen molar-refractivity contribution in [1.82, 2.24) is 5.32 Å². The van der Waals surface area contributed by atoms with Gasteiger partial charge in [0, 0.05) is 0 Å². The van der Waals surface area contributed by atoms with Crippen LogP contribution in [0.15, 0.2) is 43.0 Å². The normalized spacial score (nSPS) is 14.1. The SMILES string of the molecule is C=CC[C@H](O)[C@@H](Cc1ccccc1)NC(=O)OC(C)(C)C. The molecule has 1 amide bonds. The van der Waals surface area contributed by atoms with Crippen molar-refractivity contribution in [3.63, 3.8) is 0 Å². The molecule has 0 saturated heterocycles. The van der Waals surface area contributed by atoms with Crippen molar-refractivity contribution >= 4 is 6.09 Å². The molecule has 0 radical (unpaired) electrons. The van der Waals surface area contributed by atoms with Crippen LogP contribution < -0.4 is 5.32 Å². The van der Waals surface area contributed by atoms with Crippen LogP contribution in [0.2, 0.25) is 0 Å². The fourth-order valence-corrected chi connectivity index (χ4v) is 1.95. The van der Waals surface area contributed by atoms with Crippen LogP contribution in [0, 0.1) is 0 Å². The van der Waals surface area contributed by atoms with E-state index in [1.54, 1.807) is 26.8 Å². The van der Waals surface area contributed by atoms with E-state index in [9.17, 15) is 9.90 Å². The van der Waals surface area contributed by atoms with E-state index in [1.807, 2.05) is 30.3 Å². The Labute approximate surface area is 126 Å². The molecule has 4 heteroatoms. The lowest BCUT2D eigenvalue weighted by atomic mass is 9.99. The predicted octanol–water partition coefficient (Wildman–Crippen LogP) is 3.06. The molecule has 0 aliphatic heterocycles. The zero-order valence-corrected chi connectivity index (χ0v) is 13.0. The minimum Gasteiger partial charge on any atom is -0.444 e. The molecule has 1 rings (SSSR count). The Morgan fingerprint density at radius 1 is 1.38 bits per heavy atom. The number of amides is 1. The Balaban J connectivity index is 2.73. The van der Waals surface area contributed by atoms with E-state index in [4.69, 9.17) is 4.74 Å². The smallest absolute Gasteiger partial charge is 0.407 e. The fourth-order valence-electron chi connectivity index (χ4n) is 1.95. The van der Waals surface area contributed by atoms with Crippen LogP contribution in [-0.2, 0) is 11.2 Å². The van der Waals surface area contributed by atoms with Crippen molar-refractivity contribution < 1.29 is 14.6 Å². The number of aliphatic hydroxyl groups excluding tert-OH is 1. The molecule has 0 unspecified atom stereocenters. The first-order valence-electron chi connectivity index (χ1n) is 7.14. The number of alkyl carbamates (subject to hydrolysis) is 1. The molecule has 116 valence electrons. The standard InChI is InChI=1S/C17H25NO3/c1-5-9-15(19)14(12-13-10-7-6-8-11-13)18-16(20)21-17(2,3)4/h5-8,10-11,14-15,19H,1,9,12H2,2-4H3,(H,18,20)/t14-,15+/m1/s1. The molecule has 1 aromatic carbocycles. The summed E-state index contributed by atoms with van der Waals surface area (Å²) in [6, 6.07) is 9.30. The third-order valence-electron chi connectivity index (χ3n) is 2.87. The Morgan fingerprint density at radius 3 is 2.52 bits per heavy atom. The highest BCUT2D eigenvalue weighted by Crippen LogP contribution is 2.11. The third-order valence-corrected chi connectivity index (χ3v) is 2.87. The number of hydrogen-bond donors (Lipinski definition) is 2. The van der Waals surface area contributed by atoms with Gasteiger partial charge in [-0.1, -0.05) is 36.4 Å². The summed E-state index contributed by atoms with van der Waals surface area (Å²) in [7, 11) is 0. The van der Waals surface area contributed by atoms with E-state index in [1.165, 1.54) is 0 Å². The number of ether oxygens (including phenoxy) is 1. The van der Waals surface area contributed by atoms with E-state index < -0.39 is 23.8 Å². The molecule has 4 nitrogen and oxygen atoms in total. The summed E-state index contributed by atoms with van der Waals surface area (Å²) < 4.78 is 5.25. The Kier molecular flexibility index (Phi) is 6.43. The molecule has 0 spiro atoms. The molecule has 0 aromatic heterocycles. The van der Waals surface area contributed by atoms with Gasteiger partial charge in [-0.3, -0.25) is 0 Å². The second-order valence-corrected chi connectivity index (χ2v) is 6.03. The van der Waals surface area contributed by atoms with Crippen molar-refractivity contribution in [2.75, 3.05) is 0 Å². The van der Waals surface area contributed by atoms with Crippen LogP contribution in [0.3, 0.4) is 0 Å². The molecule has 0 saturated carbocycles. The maximum atomic E-state index is 11.9. The summed E-state index contributed by atoms with van der Waals surface area (Å²) in [6.45, 7) is 9.04. The maximum Gasteiger partial charge on any atom is 0.407 e. The summed E-state index contributed by atoms with van der Waals surface area (Å²) in [5.74, 6) is 0. The molecular formula is C17H25NO3. The highest BCUT2D eigenvalue weighted by Gasteiger charge is 2.24. The molecular weight excluding hydrogens is 266 g/mol. The van der Waals surface area contributed by atoms with Crippen molar-refractivity contribution in [2.45, 2.75) is 51.4 Å². The minimum atomic E-state index is -0.699. The average Bonchev–Trinajstić information content (AvgIpc) is 2.37. The van der Waals surface area contributed by atoms with Crippen molar-refractivity contribution in [1.29, 1.82) is 0 Å².